The van der Waals surface area contributed by atoms with Gasteiger partial charge in [0.25, 0.3) is 0 Å². The van der Waals surface area contributed by atoms with E-state index in [0.29, 0.717) is 16.9 Å². The Labute approximate surface area is 93.4 Å². The van der Waals surface area contributed by atoms with Gasteiger partial charge in [0.2, 0.25) is 0 Å². The molecule has 1 fully saturated rings. The predicted octanol–water partition coefficient (Wildman–Crippen LogP) is 3.15. The molecule has 1 N–H and O–H groups in total. The van der Waals surface area contributed by atoms with Crippen LogP contribution < -0.4 is 5.32 Å². The van der Waals surface area contributed by atoms with E-state index in [0.717, 1.165) is 6.54 Å². The molecule has 1 nitrogen and oxygen atoms in total. The lowest BCUT2D eigenvalue weighted by Crippen LogP contribution is -2.48. The van der Waals surface area contributed by atoms with Crippen LogP contribution in [0.25, 0.3) is 0 Å². The minimum absolute atomic E-state index is 0.401. The summed E-state index contributed by atoms with van der Waals surface area (Å²) in [5.41, 5.74) is 0.884. The first-order valence-electron chi connectivity index (χ1n) is 5.62. The van der Waals surface area contributed by atoms with Gasteiger partial charge in [-0.2, -0.15) is 11.8 Å². The molecular formula is C12H25NS. The largest absolute Gasteiger partial charge is 0.312 e. The first-order chi connectivity index (χ1) is 6.31. The van der Waals surface area contributed by atoms with Gasteiger partial charge in [0.05, 0.1) is 0 Å². The summed E-state index contributed by atoms with van der Waals surface area (Å²) in [5, 5.41) is 3.73. The molecule has 0 bridgehead atoms. The highest BCUT2D eigenvalue weighted by molar-refractivity contribution is 7.99. The molecule has 1 aliphatic rings. The smallest absolute Gasteiger partial charge is 0.0209 e. The van der Waals surface area contributed by atoms with Gasteiger partial charge in [-0.25, -0.2) is 0 Å². The van der Waals surface area contributed by atoms with Crippen molar-refractivity contribution in [3.63, 3.8) is 0 Å². The Morgan fingerprint density at radius 1 is 1.36 bits per heavy atom. The molecule has 0 aromatic heterocycles. The van der Waals surface area contributed by atoms with Gasteiger partial charge in [0.1, 0.15) is 0 Å². The monoisotopic (exact) mass is 215 g/mol. The van der Waals surface area contributed by atoms with Crippen molar-refractivity contribution in [3.05, 3.63) is 0 Å². The Bertz CT molecular complexity index is 181. The number of rotatable bonds is 2. The standard InChI is InChI=1S/C12H25NS/c1-11(2,3)9-13-10-8-14-7-6-12(10,4)5/h10,13H,6-9H2,1-5H3. The third kappa shape index (κ3) is 3.82. The molecule has 2 heteroatoms. The van der Waals surface area contributed by atoms with Crippen molar-refractivity contribution in [1.82, 2.24) is 5.32 Å². The number of thioether (sulfide) groups is 1. The van der Waals surface area contributed by atoms with Crippen molar-refractivity contribution in [3.8, 4) is 0 Å². The number of hydrogen-bond acceptors (Lipinski definition) is 2. The highest BCUT2D eigenvalue weighted by atomic mass is 32.2. The Balaban J connectivity index is 2.42. The molecule has 0 saturated carbocycles. The third-order valence-electron chi connectivity index (χ3n) is 3.00. The molecule has 0 aliphatic carbocycles. The highest BCUT2D eigenvalue weighted by Crippen LogP contribution is 2.34. The number of hydrogen-bond donors (Lipinski definition) is 1. The Morgan fingerprint density at radius 3 is 2.50 bits per heavy atom. The van der Waals surface area contributed by atoms with E-state index in [2.05, 4.69) is 51.7 Å². The predicted molar refractivity (Wildman–Crippen MR) is 67.0 cm³/mol. The van der Waals surface area contributed by atoms with Crippen molar-refractivity contribution in [2.24, 2.45) is 10.8 Å². The normalized spacial score (nSPS) is 27.6. The molecule has 1 rings (SSSR count). The minimum atomic E-state index is 0.401. The van der Waals surface area contributed by atoms with Crippen LogP contribution in [-0.4, -0.2) is 24.1 Å². The van der Waals surface area contributed by atoms with Crippen LogP contribution in [0.3, 0.4) is 0 Å². The average Bonchev–Trinajstić information content (AvgIpc) is 2.00. The first-order valence-corrected chi connectivity index (χ1v) is 6.78. The minimum Gasteiger partial charge on any atom is -0.312 e. The van der Waals surface area contributed by atoms with Crippen LogP contribution in [0.2, 0.25) is 0 Å². The second-order valence-electron chi connectivity index (χ2n) is 6.31. The summed E-state index contributed by atoms with van der Waals surface area (Å²) in [7, 11) is 0. The Kier molecular flexibility index (Phi) is 3.93. The zero-order chi connectivity index (χ0) is 10.8. The SMILES string of the molecule is CC(C)(C)CNC1CSCCC1(C)C. The molecular weight excluding hydrogens is 190 g/mol. The molecule has 1 atom stereocenters. The summed E-state index contributed by atoms with van der Waals surface area (Å²) in [6.45, 7) is 12.8. The van der Waals surface area contributed by atoms with Gasteiger partial charge >= 0.3 is 0 Å². The Morgan fingerprint density at radius 2 is 2.00 bits per heavy atom. The van der Waals surface area contributed by atoms with Gasteiger partial charge in [-0.05, 0) is 23.0 Å². The van der Waals surface area contributed by atoms with Gasteiger partial charge in [0.15, 0.2) is 0 Å². The number of nitrogens with one attached hydrogen (secondary N) is 1. The van der Waals surface area contributed by atoms with E-state index >= 15 is 0 Å². The van der Waals surface area contributed by atoms with Crippen molar-refractivity contribution in [2.45, 2.75) is 47.1 Å². The molecule has 84 valence electrons. The van der Waals surface area contributed by atoms with Crippen LogP contribution in [0, 0.1) is 10.8 Å². The summed E-state index contributed by atoms with van der Waals surface area (Å²) >= 11 is 2.09. The zero-order valence-corrected chi connectivity index (χ0v) is 11.1. The lowest BCUT2D eigenvalue weighted by molar-refractivity contribution is 0.223. The first kappa shape index (κ1) is 12.4. The van der Waals surface area contributed by atoms with Crippen molar-refractivity contribution < 1.29 is 0 Å². The molecule has 0 aromatic carbocycles. The maximum Gasteiger partial charge on any atom is 0.0209 e. The highest BCUT2D eigenvalue weighted by Gasteiger charge is 2.32. The molecule has 0 aromatic rings. The Hall–Kier alpha value is 0.310. The molecule has 0 radical (unpaired) electrons. The summed E-state index contributed by atoms with van der Waals surface area (Å²) in [6, 6.07) is 0.695. The summed E-state index contributed by atoms with van der Waals surface area (Å²) in [6.07, 6.45) is 1.35. The van der Waals surface area contributed by atoms with E-state index in [-0.39, 0.29) is 0 Å². The quantitative estimate of drug-likeness (QED) is 0.759. The van der Waals surface area contributed by atoms with E-state index in [4.69, 9.17) is 0 Å². The maximum absolute atomic E-state index is 3.73. The third-order valence-corrected chi connectivity index (χ3v) is 4.06. The molecule has 1 aliphatic heterocycles. The molecule has 1 saturated heterocycles. The van der Waals surface area contributed by atoms with Gasteiger partial charge < -0.3 is 5.32 Å². The molecule has 1 heterocycles. The summed E-state index contributed by atoms with van der Waals surface area (Å²) in [4.78, 5) is 0. The van der Waals surface area contributed by atoms with Crippen molar-refractivity contribution >= 4 is 11.8 Å². The maximum atomic E-state index is 3.73. The van der Waals surface area contributed by atoms with E-state index in [1.165, 1.54) is 17.9 Å². The molecule has 14 heavy (non-hydrogen) atoms. The van der Waals surface area contributed by atoms with Crippen LogP contribution >= 0.6 is 11.8 Å². The van der Waals surface area contributed by atoms with Gasteiger partial charge in [0, 0.05) is 18.3 Å². The second kappa shape index (κ2) is 4.44. The molecule has 0 spiro atoms. The lowest BCUT2D eigenvalue weighted by Gasteiger charge is -2.40. The fourth-order valence-corrected chi connectivity index (χ4v) is 3.34. The topological polar surface area (TPSA) is 12.0 Å². The van der Waals surface area contributed by atoms with E-state index in [1.54, 1.807) is 0 Å². The summed E-state index contributed by atoms with van der Waals surface area (Å²) in [5.74, 6) is 2.61. The van der Waals surface area contributed by atoms with Gasteiger partial charge in [-0.3, -0.25) is 0 Å². The van der Waals surface area contributed by atoms with Crippen LogP contribution in [-0.2, 0) is 0 Å². The van der Waals surface area contributed by atoms with Crippen molar-refractivity contribution in [1.29, 1.82) is 0 Å². The van der Waals surface area contributed by atoms with Crippen LogP contribution in [0.1, 0.15) is 41.0 Å². The van der Waals surface area contributed by atoms with E-state index in [1.807, 2.05) is 0 Å². The van der Waals surface area contributed by atoms with Crippen LogP contribution in [0.5, 0.6) is 0 Å². The van der Waals surface area contributed by atoms with Crippen molar-refractivity contribution in [2.75, 3.05) is 18.1 Å². The van der Waals surface area contributed by atoms with Crippen LogP contribution in [0.15, 0.2) is 0 Å². The zero-order valence-electron chi connectivity index (χ0n) is 10.3. The second-order valence-corrected chi connectivity index (χ2v) is 7.46. The van der Waals surface area contributed by atoms with Crippen LogP contribution in [0.4, 0.5) is 0 Å². The lowest BCUT2D eigenvalue weighted by atomic mass is 9.81. The van der Waals surface area contributed by atoms with Gasteiger partial charge in [-0.1, -0.05) is 34.6 Å². The molecule has 0 amide bonds. The summed E-state index contributed by atoms with van der Waals surface area (Å²) < 4.78 is 0. The van der Waals surface area contributed by atoms with E-state index in [9.17, 15) is 0 Å². The fraction of sp³-hybridized carbons (Fsp3) is 1.00. The van der Waals surface area contributed by atoms with Gasteiger partial charge in [-0.15, -0.1) is 0 Å². The molecule has 1 unspecified atom stereocenters. The average molecular weight is 215 g/mol. The van der Waals surface area contributed by atoms with E-state index < -0.39 is 0 Å². The fourth-order valence-electron chi connectivity index (χ4n) is 1.70.